The highest BCUT2D eigenvalue weighted by molar-refractivity contribution is 5.81. The molecule has 3 atom stereocenters. The smallest absolute Gasteiger partial charge is 0.239 e. The van der Waals surface area contributed by atoms with Crippen molar-refractivity contribution in [2.75, 3.05) is 26.3 Å². The second-order valence-electron chi connectivity index (χ2n) is 5.30. The molecule has 2 N–H and O–H groups in total. The Morgan fingerprint density at radius 3 is 2.06 bits per heavy atom. The van der Waals surface area contributed by atoms with Crippen LogP contribution in [0.1, 0.15) is 32.6 Å². The molecule has 2 rings (SSSR count). The highest BCUT2D eigenvalue weighted by Gasteiger charge is 2.27. The largest absolute Gasteiger partial charge is 0.376 e. The summed E-state index contributed by atoms with van der Waals surface area (Å²) in [5, 5.41) is 0. The molecule has 2 heterocycles. The Labute approximate surface area is 109 Å². The summed E-state index contributed by atoms with van der Waals surface area (Å²) in [6.07, 6.45) is 4.60. The fourth-order valence-corrected chi connectivity index (χ4v) is 2.61. The van der Waals surface area contributed by atoms with Crippen molar-refractivity contribution in [3.05, 3.63) is 0 Å². The molecule has 3 unspecified atom stereocenters. The zero-order valence-electron chi connectivity index (χ0n) is 11.1. The van der Waals surface area contributed by atoms with Gasteiger partial charge in [0.15, 0.2) is 0 Å². The van der Waals surface area contributed by atoms with E-state index in [9.17, 15) is 4.79 Å². The van der Waals surface area contributed by atoms with E-state index >= 15 is 0 Å². The highest BCUT2D eigenvalue weighted by atomic mass is 16.5. The van der Waals surface area contributed by atoms with Crippen LogP contribution in [0, 0.1) is 0 Å². The third-order valence-corrected chi connectivity index (χ3v) is 3.60. The van der Waals surface area contributed by atoms with E-state index in [0.717, 1.165) is 38.9 Å². The molecule has 2 aliphatic heterocycles. The number of carbonyl (C=O) groups is 1. The first-order valence-corrected chi connectivity index (χ1v) is 6.94. The first-order valence-electron chi connectivity index (χ1n) is 6.94. The number of hydrogen-bond donors (Lipinski definition) is 1. The lowest BCUT2D eigenvalue weighted by molar-refractivity contribution is -0.135. The van der Waals surface area contributed by atoms with E-state index in [2.05, 4.69) is 0 Å². The van der Waals surface area contributed by atoms with Gasteiger partial charge in [0.25, 0.3) is 0 Å². The third-order valence-electron chi connectivity index (χ3n) is 3.60. The Bertz CT molecular complexity index is 253. The molecular weight excluding hydrogens is 232 g/mol. The molecule has 5 heteroatoms. The second kappa shape index (κ2) is 6.50. The van der Waals surface area contributed by atoms with Gasteiger partial charge in [-0.1, -0.05) is 0 Å². The highest BCUT2D eigenvalue weighted by Crippen LogP contribution is 2.17. The van der Waals surface area contributed by atoms with Gasteiger partial charge in [0.1, 0.15) is 0 Å². The van der Waals surface area contributed by atoms with Crippen molar-refractivity contribution >= 4 is 5.91 Å². The fourth-order valence-electron chi connectivity index (χ4n) is 2.61. The van der Waals surface area contributed by atoms with E-state index in [1.165, 1.54) is 0 Å². The second-order valence-corrected chi connectivity index (χ2v) is 5.30. The molecule has 0 bridgehead atoms. The van der Waals surface area contributed by atoms with E-state index in [-0.39, 0.29) is 18.1 Å². The standard InChI is InChI=1S/C13H24N2O3/c1-10(14)13(16)15(8-11-4-2-6-17-11)9-12-5-3-7-18-12/h10-12H,2-9,14H2,1H3. The number of rotatable bonds is 5. The molecule has 2 fully saturated rings. The van der Waals surface area contributed by atoms with Crippen molar-refractivity contribution in [2.24, 2.45) is 5.73 Å². The topological polar surface area (TPSA) is 64.8 Å². The molecule has 0 aromatic heterocycles. The summed E-state index contributed by atoms with van der Waals surface area (Å²) in [4.78, 5) is 13.9. The van der Waals surface area contributed by atoms with Crippen molar-refractivity contribution in [3.8, 4) is 0 Å². The maximum absolute atomic E-state index is 12.1. The van der Waals surface area contributed by atoms with Crippen molar-refractivity contribution < 1.29 is 14.3 Å². The van der Waals surface area contributed by atoms with Gasteiger partial charge >= 0.3 is 0 Å². The van der Waals surface area contributed by atoms with Crippen molar-refractivity contribution in [1.29, 1.82) is 0 Å². The van der Waals surface area contributed by atoms with Gasteiger partial charge in [-0.15, -0.1) is 0 Å². The lowest BCUT2D eigenvalue weighted by Crippen LogP contribution is -2.48. The summed E-state index contributed by atoms with van der Waals surface area (Å²) in [5.41, 5.74) is 5.71. The van der Waals surface area contributed by atoms with Gasteiger partial charge in [-0.3, -0.25) is 4.79 Å². The number of amides is 1. The molecule has 18 heavy (non-hydrogen) atoms. The zero-order chi connectivity index (χ0) is 13.0. The number of nitrogens with zero attached hydrogens (tertiary/aromatic N) is 1. The fraction of sp³-hybridized carbons (Fsp3) is 0.923. The van der Waals surface area contributed by atoms with Crippen LogP contribution in [0.2, 0.25) is 0 Å². The first kappa shape index (κ1) is 13.8. The molecule has 0 saturated carbocycles. The van der Waals surface area contributed by atoms with Gasteiger partial charge in [0.05, 0.1) is 18.2 Å². The van der Waals surface area contributed by atoms with Crippen LogP contribution in [0.15, 0.2) is 0 Å². The van der Waals surface area contributed by atoms with E-state index in [1.54, 1.807) is 6.92 Å². The number of hydrogen-bond acceptors (Lipinski definition) is 4. The number of nitrogens with two attached hydrogens (primary N) is 1. The van der Waals surface area contributed by atoms with Crippen molar-refractivity contribution in [1.82, 2.24) is 4.90 Å². The monoisotopic (exact) mass is 256 g/mol. The zero-order valence-corrected chi connectivity index (χ0v) is 11.1. The summed E-state index contributed by atoms with van der Waals surface area (Å²) in [6, 6.07) is -0.451. The Morgan fingerprint density at radius 1 is 1.22 bits per heavy atom. The Hall–Kier alpha value is -0.650. The SMILES string of the molecule is CC(N)C(=O)N(CC1CCCO1)CC1CCCO1. The van der Waals surface area contributed by atoms with Crippen LogP contribution in [0.25, 0.3) is 0 Å². The average Bonchev–Trinajstić information content (AvgIpc) is 2.99. The Kier molecular flexibility index (Phi) is 4.97. The number of carbonyl (C=O) groups excluding carboxylic acids is 1. The molecule has 1 amide bonds. The van der Waals surface area contributed by atoms with Gasteiger partial charge < -0.3 is 20.1 Å². The summed E-state index contributed by atoms with van der Waals surface area (Å²) in [6.45, 7) is 4.66. The lowest BCUT2D eigenvalue weighted by atomic mass is 10.1. The van der Waals surface area contributed by atoms with Gasteiger partial charge in [-0.2, -0.15) is 0 Å². The van der Waals surface area contributed by atoms with Gasteiger partial charge in [0, 0.05) is 26.3 Å². The quantitative estimate of drug-likeness (QED) is 0.779. The van der Waals surface area contributed by atoms with Crippen LogP contribution in [-0.4, -0.2) is 55.4 Å². The summed E-state index contributed by atoms with van der Waals surface area (Å²) in [7, 11) is 0. The number of ether oxygens (including phenoxy) is 2. The summed E-state index contributed by atoms with van der Waals surface area (Å²) in [5.74, 6) is 0.000926. The molecule has 0 aromatic rings. The van der Waals surface area contributed by atoms with Crippen LogP contribution >= 0.6 is 0 Å². The van der Waals surface area contributed by atoms with Crippen molar-refractivity contribution in [3.63, 3.8) is 0 Å². The molecule has 0 radical (unpaired) electrons. The molecule has 5 nitrogen and oxygen atoms in total. The third kappa shape index (κ3) is 3.67. The van der Waals surface area contributed by atoms with Gasteiger partial charge in [-0.25, -0.2) is 0 Å². The van der Waals surface area contributed by atoms with E-state index < -0.39 is 6.04 Å². The van der Waals surface area contributed by atoms with Crippen LogP contribution in [0.4, 0.5) is 0 Å². The van der Waals surface area contributed by atoms with Crippen molar-refractivity contribution in [2.45, 2.75) is 50.9 Å². The van der Waals surface area contributed by atoms with Crippen LogP contribution in [0.5, 0.6) is 0 Å². The lowest BCUT2D eigenvalue weighted by Gasteiger charge is -2.29. The maximum atomic E-state index is 12.1. The molecule has 104 valence electrons. The minimum absolute atomic E-state index is 0.000926. The predicted molar refractivity (Wildman–Crippen MR) is 68.2 cm³/mol. The molecule has 0 spiro atoms. The normalized spacial score (nSPS) is 29.4. The maximum Gasteiger partial charge on any atom is 0.239 e. The van der Waals surface area contributed by atoms with Gasteiger partial charge in [0.2, 0.25) is 5.91 Å². The summed E-state index contributed by atoms with van der Waals surface area (Å²) >= 11 is 0. The molecular formula is C13H24N2O3. The first-order chi connectivity index (χ1) is 8.66. The van der Waals surface area contributed by atoms with Crippen LogP contribution < -0.4 is 5.73 Å². The average molecular weight is 256 g/mol. The molecule has 0 aliphatic carbocycles. The van der Waals surface area contributed by atoms with E-state index in [1.807, 2.05) is 4.90 Å². The van der Waals surface area contributed by atoms with E-state index in [0.29, 0.717) is 13.1 Å². The molecule has 0 aromatic carbocycles. The van der Waals surface area contributed by atoms with Gasteiger partial charge in [-0.05, 0) is 32.6 Å². The van der Waals surface area contributed by atoms with E-state index in [4.69, 9.17) is 15.2 Å². The Morgan fingerprint density at radius 2 is 1.72 bits per heavy atom. The molecule has 2 aliphatic rings. The minimum Gasteiger partial charge on any atom is -0.376 e. The van der Waals surface area contributed by atoms with Crippen LogP contribution in [0.3, 0.4) is 0 Å². The summed E-state index contributed by atoms with van der Waals surface area (Å²) < 4.78 is 11.2. The minimum atomic E-state index is -0.451. The molecule has 2 saturated heterocycles. The predicted octanol–water partition coefficient (Wildman–Crippen LogP) is 0.520. The van der Waals surface area contributed by atoms with Crippen LogP contribution in [-0.2, 0) is 14.3 Å². The Balaban J connectivity index is 1.90.